The molecule has 1 saturated heterocycles. The fraction of sp³-hybridized carbons (Fsp3) is 0.333. The van der Waals surface area contributed by atoms with Gasteiger partial charge >= 0.3 is 0 Å². The lowest BCUT2D eigenvalue weighted by atomic mass is 10.2. The molecule has 21 heavy (non-hydrogen) atoms. The summed E-state index contributed by atoms with van der Waals surface area (Å²) in [7, 11) is 0. The molecule has 0 bridgehead atoms. The Morgan fingerprint density at radius 2 is 2.43 bits per heavy atom. The zero-order chi connectivity index (χ0) is 14.5. The highest BCUT2D eigenvalue weighted by Crippen LogP contribution is 2.15. The van der Waals surface area contributed by atoms with Gasteiger partial charge in [-0.05, 0) is 17.5 Å². The topological polar surface area (TPSA) is 60.5 Å². The molecule has 3 heterocycles. The number of hydrogen-bond donors (Lipinski definition) is 1. The zero-order valence-electron chi connectivity index (χ0n) is 11.5. The third kappa shape index (κ3) is 3.80. The molecule has 1 atom stereocenters. The van der Waals surface area contributed by atoms with Crippen molar-refractivity contribution < 1.29 is 14.3 Å². The highest BCUT2D eigenvalue weighted by molar-refractivity contribution is 7.09. The molecule has 2 aromatic heterocycles. The molecule has 0 radical (unpaired) electrons. The van der Waals surface area contributed by atoms with Crippen molar-refractivity contribution in [2.45, 2.75) is 19.1 Å². The molecular weight excluding hydrogens is 288 g/mol. The minimum Gasteiger partial charge on any atom is -0.472 e. The fourth-order valence-corrected chi connectivity index (χ4v) is 2.69. The van der Waals surface area contributed by atoms with Gasteiger partial charge in [-0.3, -0.25) is 4.79 Å². The van der Waals surface area contributed by atoms with E-state index in [0.717, 1.165) is 17.9 Å². The van der Waals surface area contributed by atoms with E-state index in [1.54, 1.807) is 23.5 Å². The monoisotopic (exact) mass is 304 g/mol. The van der Waals surface area contributed by atoms with Gasteiger partial charge in [0.05, 0.1) is 25.3 Å². The summed E-state index contributed by atoms with van der Waals surface area (Å²) in [5.41, 5.74) is 0.529. The van der Waals surface area contributed by atoms with E-state index < -0.39 is 0 Å². The predicted molar refractivity (Wildman–Crippen MR) is 79.6 cm³/mol. The van der Waals surface area contributed by atoms with E-state index in [1.807, 2.05) is 17.5 Å². The molecular formula is C15H16N2O3S. The van der Waals surface area contributed by atoms with Crippen LogP contribution in [0.2, 0.25) is 0 Å². The number of carbonyl (C=O) groups excluding carboxylic acids is 1. The highest BCUT2D eigenvalue weighted by atomic mass is 32.1. The molecule has 0 aliphatic carbocycles. The van der Waals surface area contributed by atoms with Gasteiger partial charge < -0.3 is 14.8 Å². The molecule has 1 unspecified atom stereocenters. The Morgan fingerprint density at radius 3 is 3.10 bits per heavy atom. The van der Waals surface area contributed by atoms with Crippen LogP contribution in [-0.4, -0.2) is 30.2 Å². The van der Waals surface area contributed by atoms with Gasteiger partial charge in [-0.2, -0.15) is 0 Å². The molecule has 1 amide bonds. The van der Waals surface area contributed by atoms with Gasteiger partial charge in [0.15, 0.2) is 0 Å². The van der Waals surface area contributed by atoms with Crippen LogP contribution >= 0.6 is 11.3 Å². The van der Waals surface area contributed by atoms with Crippen LogP contribution in [0, 0.1) is 0 Å². The number of pyridine rings is 1. The van der Waals surface area contributed by atoms with Crippen molar-refractivity contribution in [1.82, 2.24) is 10.3 Å². The van der Waals surface area contributed by atoms with Gasteiger partial charge in [0.1, 0.15) is 6.10 Å². The van der Waals surface area contributed by atoms with Crippen LogP contribution in [0.4, 0.5) is 0 Å². The van der Waals surface area contributed by atoms with E-state index in [9.17, 15) is 4.79 Å². The van der Waals surface area contributed by atoms with Crippen LogP contribution in [0.1, 0.15) is 21.7 Å². The summed E-state index contributed by atoms with van der Waals surface area (Å²) in [4.78, 5) is 17.3. The van der Waals surface area contributed by atoms with Crippen LogP contribution in [-0.2, 0) is 11.3 Å². The lowest BCUT2D eigenvalue weighted by Crippen LogP contribution is -2.22. The molecule has 1 aliphatic rings. The maximum absolute atomic E-state index is 12.0. The van der Waals surface area contributed by atoms with Crippen molar-refractivity contribution in [3.8, 4) is 5.88 Å². The number of carbonyl (C=O) groups is 1. The van der Waals surface area contributed by atoms with Gasteiger partial charge in [0.25, 0.3) is 5.91 Å². The maximum atomic E-state index is 12.0. The molecule has 3 rings (SSSR count). The Hall–Kier alpha value is -1.92. The summed E-state index contributed by atoms with van der Waals surface area (Å²) in [6, 6.07) is 7.40. The summed E-state index contributed by atoms with van der Waals surface area (Å²) in [6.07, 6.45) is 2.48. The first-order chi connectivity index (χ1) is 10.3. The van der Waals surface area contributed by atoms with Crippen molar-refractivity contribution in [1.29, 1.82) is 0 Å². The normalized spacial score (nSPS) is 17.6. The second-order valence-corrected chi connectivity index (χ2v) is 5.78. The van der Waals surface area contributed by atoms with Gasteiger partial charge in [0.2, 0.25) is 5.88 Å². The van der Waals surface area contributed by atoms with Gasteiger partial charge in [-0.25, -0.2) is 4.98 Å². The first-order valence-electron chi connectivity index (χ1n) is 6.82. The average molecular weight is 304 g/mol. The Labute approximate surface area is 126 Å². The summed E-state index contributed by atoms with van der Waals surface area (Å²) in [5, 5.41) is 4.85. The number of nitrogens with zero attached hydrogens (tertiary/aromatic N) is 1. The quantitative estimate of drug-likeness (QED) is 0.920. The smallest absolute Gasteiger partial charge is 0.253 e. The van der Waals surface area contributed by atoms with Crippen molar-refractivity contribution >= 4 is 17.2 Å². The van der Waals surface area contributed by atoms with Crippen LogP contribution in [0.3, 0.4) is 0 Å². The van der Waals surface area contributed by atoms with Crippen LogP contribution in [0.5, 0.6) is 5.88 Å². The standard InChI is InChI=1S/C15H16N2O3S/c18-15(17-9-13-2-1-7-21-13)11-3-4-14(16-8-11)20-12-5-6-19-10-12/h1-4,7-8,12H,5-6,9-10H2,(H,17,18). The summed E-state index contributed by atoms with van der Waals surface area (Å²) in [6.45, 7) is 1.87. The second kappa shape index (κ2) is 6.69. The summed E-state index contributed by atoms with van der Waals surface area (Å²) >= 11 is 1.62. The number of rotatable bonds is 5. The number of aromatic nitrogens is 1. The molecule has 2 aromatic rings. The van der Waals surface area contributed by atoms with Gasteiger partial charge in [-0.1, -0.05) is 6.07 Å². The largest absolute Gasteiger partial charge is 0.472 e. The van der Waals surface area contributed by atoms with E-state index in [0.29, 0.717) is 24.6 Å². The van der Waals surface area contributed by atoms with Crippen molar-refractivity contribution in [2.24, 2.45) is 0 Å². The first kappa shape index (κ1) is 14.0. The van der Waals surface area contributed by atoms with Crippen LogP contribution < -0.4 is 10.1 Å². The molecule has 110 valence electrons. The summed E-state index contributed by atoms with van der Waals surface area (Å²) < 4.78 is 10.9. The van der Waals surface area contributed by atoms with Crippen molar-refractivity contribution in [2.75, 3.05) is 13.2 Å². The molecule has 1 N–H and O–H groups in total. The molecule has 0 spiro atoms. The Morgan fingerprint density at radius 1 is 1.48 bits per heavy atom. The molecule has 1 fully saturated rings. The zero-order valence-corrected chi connectivity index (χ0v) is 12.3. The van der Waals surface area contributed by atoms with E-state index in [2.05, 4.69) is 10.3 Å². The van der Waals surface area contributed by atoms with Gasteiger partial charge in [-0.15, -0.1) is 11.3 Å². The number of ether oxygens (including phenoxy) is 2. The van der Waals surface area contributed by atoms with Gasteiger partial charge in [0, 0.05) is 23.6 Å². The Kier molecular flexibility index (Phi) is 4.47. The predicted octanol–water partition coefficient (Wildman–Crippen LogP) is 2.24. The Bertz CT molecular complexity index is 577. The SMILES string of the molecule is O=C(NCc1cccs1)c1ccc(OC2CCOC2)nc1. The highest BCUT2D eigenvalue weighted by Gasteiger charge is 2.17. The van der Waals surface area contributed by atoms with E-state index in [-0.39, 0.29) is 12.0 Å². The average Bonchev–Trinajstić information content (AvgIpc) is 3.19. The number of thiophene rings is 1. The lowest BCUT2D eigenvalue weighted by Gasteiger charge is -2.10. The van der Waals surface area contributed by atoms with E-state index >= 15 is 0 Å². The number of amides is 1. The Balaban J connectivity index is 1.54. The van der Waals surface area contributed by atoms with Crippen LogP contribution in [0.25, 0.3) is 0 Å². The van der Waals surface area contributed by atoms with Crippen LogP contribution in [0.15, 0.2) is 35.8 Å². The molecule has 0 saturated carbocycles. The molecule has 1 aliphatic heterocycles. The minimum atomic E-state index is -0.133. The fourth-order valence-electron chi connectivity index (χ4n) is 2.04. The summed E-state index contributed by atoms with van der Waals surface area (Å²) in [5.74, 6) is 0.395. The lowest BCUT2D eigenvalue weighted by molar-refractivity contribution is 0.0950. The number of hydrogen-bond acceptors (Lipinski definition) is 5. The first-order valence-corrected chi connectivity index (χ1v) is 7.70. The molecule has 5 nitrogen and oxygen atoms in total. The number of nitrogens with one attached hydrogen (secondary N) is 1. The minimum absolute atomic E-state index is 0.0657. The van der Waals surface area contributed by atoms with Crippen molar-refractivity contribution in [3.05, 3.63) is 46.3 Å². The third-order valence-electron chi connectivity index (χ3n) is 3.18. The second-order valence-electron chi connectivity index (χ2n) is 4.75. The molecule has 0 aromatic carbocycles. The van der Waals surface area contributed by atoms with E-state index in [4.69, 9.17) is 9.47 Å². The van der Waals surface area contributed by atoms with E-state index in [1.165, 1.54) is 6.20 Å². The van der Waals surface area contributed by atoms with Crippen molar-refractivity contribution in [3.63, 3.8) is 0 Å². The third-order valence-corrected chi connectivity index (χ3v) is 4.05. The maximum Gasteiger partial charge on any atom is 0.253 e. The molecule has 6 heteroatoms.